The number of carbonyl (C=O) groups is 1. The smallest absolute Gasteiger partial charge is 0.246 e. The number of ether oxygens (including phenoxy) is 1. The highest BCUT2D eigenvalue weighted by atomic mass is 19.1. The largest absolute Gasteiger partial charge is 0.457 e. The second-order valence-corrected chi connectivity index (χ2v) is 10.2. The third-order valence-corrected chi connectivity index (χ3v) is 7.54. The van der Waals surface area contributed by atoms with Gasteiger partial charge in [0.25, 0.3) is 0 Å². The van der Waals surface area contributed by atoms with Gasteiger partial charge in [-0.3, -0.25) is 14.3 Å². The molecule has 1 aliphatic carbocycles. The number of likely N-dealkylation sites (tertiary alicyclic amines) is 1. The van der Waals surface area contributed by atoms with Crippen LogP contribution in [0.2, 0.25) is 0 Å². The second-order valence-electron chi connectivity index (χ2n) is 10.2. The number of nitrogens with two attached hydrogens (primary N) is 1. The Kier molecular flexibility index (Phi) is 6.74. The number of aromatic nitrogens is 3. The average Bonchev–Trinajstić information content (AvgIpc) is 3.61. The lowest BCUT2D eigenvalue weighted by atomic mass is 10.1. The molecule has 2 aromatic heterocycles. The summed E-state index contributed by atoms with van der Waals surface area (Å²) < 4.78 is 23.7. The highest BCUT2D eigenvalue weighted by Crippen LogP contribution is 2.39. The van der Waals surface area contributed by atoms with E-state index in [0.29, 0.717) is 53.5 Å². The zero-order valence-corrected chi connectivity index (χ0v) is 21.8. The maximum absolute atomic E-state index is 16.2. The number of anilines is 1. The van der Waals surface area contributed by atoms with Crippen LogP contribution in [0.1, 0.15) is 25.3 Å². The monoisotopic (exact) mass is 526 g/mol. The van der Waals surface area contributed by atoms with Crippen molar-refractivity contribution in [2.45, 2.75) is 31.3 Å². The Bertz CT molecular complexity index is 1510. The van der Waals surface area contributed by atoms with Crippen LogP contribution in [0.15, 0.2) is 73.1 Å². The van der Waals surface area contributed by atoms with E-state index in [1.54, 1.807) is 39.8 Å². The first-order valence-electron chi connectivity index (χ1n) is 13.3. The lowest BCUT2D eigenvalue weighted by Gasteiger charge is -2.17. The lowest BCUT2D eigenvalue weighted by Crippen LogP contribution is -2.28. The normalized spacial score (nSPS) is 17.5. The van der Waals surface area contributed by atoms with Gasteiger partial charge in [0.2, 0.25) is 11.9 Å². The Balaban J connectivity index is 1.25. The molecule has 1 amide bonds. The number of nitrogens with zero attached hydrogens (tertiary/aromatic N) is 5. The summed E-state index contributed by atoms with van der Waals surface area (Å²) in [4.78, 5) is 25.4. The molecule has 1 aliphatic heterocycles. The number of rotatable bonds is 8. The Labute approximate surface area is 226 Å². The Morgan fingerprint density at radius 2 is 1.85 bits per heavy atom. The highest BCUT2D eigenvalue weighted by Gasteiger charge is 2.32. The van der Waals surface area contributed by atoms with E-state index in [9.17, 15) is 4.79 Å². The molecule has 2 N–H and O–H groups in total. The van der Waals surface area contributed by atoms with E-state index in [1.165, 1.54) is 19.2 Å². The fourth-order valence-electron chi connectivity index (χ4n) is 5.28. The van der Waals surface area contributed by atoms with Gasteiger partial charge >= 0.3 is 0 Å². The predicted molar refractivity (Wildman–Crippen MR) is 149 cm³/mol. The van der Waals surface area contributed by atoms with Crippen LogP contribution in [0, 0.1) is 5.95 Å². The van der Waals surface area contributed by atoms with Crippen LogP contribution < -0.4 is 10.5 Å². The maximum atomic E-state index is 16.2. The molecule has 6 rings (SSSR count). The summed E-state index contributed by atoms with van der Waals surface area (Å²) in [7, 11) is 2.08. The highest BCUT2D eigenvalue weighted by molar-refractivity contribution is 6.01. The molecule has 1 atom stereocenters. The minimum Gasteiger partial charge on any atom is -0.457 e. The topological polar surface area (TPSA) is 89.5 Å². The van der Waals surface area contributed by atoms with Crippen LogP contribution in [-0.4, -0.2) is 63.0 Å². The van der Waals surface area contributed by atoms with E-state index in [4.69, 9.17) is 10.5 Å². The van der Waals surface area contributed by atoms with Crippen molar-refractivity contribution in [1.82, 2.24) is 24.3 Å². The van der Waals surface area contributed by atoms with Gasteiger partial charge in [0.1, 0.15) is 29.3 Å². The van der Waals surface area contributed by atoms with Gasteiger partial charge < -0.3 is 15.4 Å². The van der Waals surface area contributed by atoms with Crippen molar-refractivity contribution in [3.63, 3.8) is 0 Å². The third kappa shape index (κ3) is 5.09. The lowest BCUT2D eigenvalue weighted by molar-refractivity contribution is -0.125. The summed E-state index contributed by atoms with van der Waals surface area (Å²) in [6.07, 6.45) is 7.97. The number of carbonyl (C=O) groups excluding carboxylic acids is 1. The number of hydrogen-bond donors (Lipinski definition) is 1. The molecule has 39 heavy (non-hydrogen) atoms. The molecule has 1 saturated heterocycles. The van der Waals surface area contributed by atoms with Crippen molar-refractivity contribution in [2.75, 3.05) is 32.4 Å². The average molecular weight is 527 g/mol. The molecule has 1 saturated carbocycles. The van der Waals surface area contributed by atoms with E-state index in [0.717, 1.165) is 12.3 Å². The molecule has 9 heteroatoms. The summed E-state index contributed by atoms with van der Waals surface area (Å²) in [5.41, 5.74) is 7.68. The fourth-order valence-corrected chi connectivity index (χ4v) is 5.28. The summed E-state index contributed by atoms with van der Waals surface area (Å²) in [5.74, 6) is 1.08. The van der Waals surface area contributed by atoms with Crippen LogP contribution in [0.3, 0.4) is 0 Å². The minimum absolute atomic E-state index is 0.0538. The van der Waals surface area contributed by atoms with Crippen molar-refractivity contribution in [1.29, 1.82) is 0 Å². The SMILES string of the molecule is CN(CC=CC(=O)N1CCC(n2c(F)c(-c3ccc(Oc4ccccc4)cc3)c3c(N)ncnc32)C1)C1CC1. The van der Waals surface area contributed by atoms with Crippen LogP contribution in [0.4, 0.5) is 10.2 Å². The van der Waals surface area contributed by atoms with Crippen LogP contribution in [0.25, 0.3) is 22.2 Å². The molecule has 8 nitrogen and oxygen atoms in total. The zero-order chi connectivity index (χ0) is 26.9. The van der Waals surface area contributed by atoms with Gasteiger partial charge in [-0.25, -0.2) is 9.97 Å². The summed E-state index contributed by atoms with van der Waals surface area (Å²) in [5, 5.41) is 0.472. The molecule has 200 valence electrons. The molecular weight excluding hydrogens is 495 g/mol. The first kappa shape index (κ1) is 25.1. The molecule has 1 unspecified atom stereocenters. The molecule has 2 aromatic carbocycles. The predicted octanol–water partition coefficient (Wildman–Crippen LogP) is 5.04. The van der Waals surface area contributed by atoms with Gasteiger partial charge in [-0.1, -0.05) is 36.4 Å². The van der Waals surface area contributed by atoms with Crippen LogP contribution >= 0.6 is 0 Å². The van der Waals surface area contributed by atoms with Crippen molar-refractivity contribution in [3.05, 3.63) is 79.0 Å². The Morgan fingerprint density at radius 1 is 1.10 bits per heavy atom. The van der Waals surface area contributed by atoms with E-state index in [2.05, 4.69) is 21.9 Å². The molecule has 4 aromatic rings. The van der Waals surface area contributed by atoms with Crippen molar-refractivity contribution < 1.29 is 13.9 Å². The van der Waals surface area contributed by atoms with Crippen molar-refractivity contribution >= 4 is 22.8 Å². The van der Waals surface area contributed by atoms with E-state index >= 15 is 4.39 Å². The molecule has 2 aliphatic rings. The second kappa shape index (κ2) is 10.5. The maximum Gasteiger partial charge on any atom is 0.246 e. The number of benzene rings is 2. The van der Waals surface area contributed by atoms with E-state index < -0.39 is 5.95 Å². The number of likely N-dealkylation sites (N-methyl/N-ethyl adjacent to an activating group) is 1. The van der Waals surface area contributed by atoms with Gasteiger partial charge in [0.15, 0.2) is 0 Å². The zero-order valence-electron chi connectivity index (χ0n) is 21.8. The molecular formula is C30H31FN6O2. The third-order valence-electron chi connectivity index (χ3n) is 7.54. The number of amides is 1. The number of fused-ring (bicyclic) bond motifs is 1. The van der Waals surface area contributed by atoms with Crippen LogP contribution in [0.5, 0.6) is 11.5 Å². The summed E-state index contributed by atoms with van der Waals surface area (Å²) in [6.45, 7) is 1.70. The van der Waals surface area contributed by atoms with E-state index in [-0.39, 0.29) is 17.8 Å². The van der Waals surface area contributed by atoms with Gasteiger partial charge in [-0.2, -0.15) is 4.39 Å². The first-order chi connectivity index (χ1) is 19.0. The minimum atomic E-state index is -0.435. The number of halogens is 1. The van der Waals surface area contributed by atoms with Crippen molar-refractivity contribution in [3.8, 4) is 22.6 Å². The number of hydrogen-bond acceptors (Lipinski definition) is 6. The number of nitrogen functional groups attached to an aromatic ring is 1. The molecule has 0 spiro atoms. The Morgan fingerprint density at radius 3 is 2.59 bits per heavy atom. The van der Waals surface area contributed by atoms with Crippen LogP contribution in [-0.2, 0) is 4.79 Å². The Hall–Kier alpha value is -4.24. The standard InChI is InChI=1S/C30H31FN6O2/c1-35(21-11-12-21)16-5-8-25(38)36-17-15-22(18-36)37-28(31)26(27-29(32)33-19-34-30(27)37)20-9-13-24(14-10-20)39-23-6-3-2-4-7-23/h2-10,13-14,19,21-22H,11-12,15-18H2,1H3,(H2,32,33,34). The summed E-state index contributed by atoms with van der Waals surface area (Å²) in [6, 6.07) is 17.1. The summed E-state index contributed by atoms with van der Waals surface area (Å²) >= 11 is 0. The quantitative estimate of drug-likeness (QED) is 0.324. The van der Waals surface area contributed by atoms with Gasteiger partial charge in [0, 0.05) is 37.3 Å². The molecule has 0 bridgehead atoms. The fraction of sp³-hybridized carbons (Fsp3) is 0.300. The molecule has 3 heterocycles. The number of para-hydroxylation sites is 1. The van der Waals surface area contributed by atoms with E-state index in [1.807, 2.05) is 36.4 Å². The molecule has 2 fully saturated rings. The first-order valence-corrected chi connectivity index (χ1v) is 13.3. The van der Waals surface area contributed by atoms with Gasteiger partial charge in [-0.15, -0.1) is 0 Å². The molecule has 0 radical (unpaired) electrons. The van der Waals surface area contributed by atoms with Crippen molar-refractivity contribution in [2.24, 2.45) is 0 Å². The van der Waals surface area contributed by atoms with Gasteiger partial charge in [-0.05, 0) is 56.1 Å². The van der Waals surface area contributed by atoms with Gasteiger partial charge in [0.05, 0.1) is 11.4 Å².